The number of halogens is 4. The van der Waals surface area contributed by atoms with Gasteiger partial charge in [-0.1, -0.05) is 22.9 Å². The molecule has 1 heterocycles. The van der Waals surface area contributed by atoms with Crippen molar-refractivity contribution in [2.45, 2.75) is 20.0 Å². The van der Waals surface area contributed by atoms with E-state index in [1.807, 2.05) is 6.92 Å². The van der Waals surface area contributed by atoms with Gasteiger partial charge in [0.25, 0.3) is 0 Å². The molecule has 2 rings (SSSR count). The van der Waals surface area contributed by atoms with Crippen molar-refractivity contribution in [2.75, 3.05) is 0 Å². The van der Waals surface area contributed by atoms with Crippen LogP contribution in [0, 0.1) is 11.6 Å². The van der Waals surface area contributed by atoms with Crippen LogP contribution in [0.3, 0.4) is 0 Å². The monoisotopic (exact) mass is 408 g/mol. The van der Waals surface area contributed by atoms with E-state index in [-0.39, 0.29) is 12.4 Å². The number of benzene rings is 1. The van der Waals surface area contributed by atoms with Crippen LogP contribution in [0.2, 0.25) is 0 Å². The summed E-state index contributed by atoms with van der Waals surface area (Å²) in [4.78, 5) is 0. The minimum absolute atomic E-state index is 0.0941. The molecule has 0 fully saturated rings. The Morgan fingerprint density at radius 3 is 2.60 bits per heavy atom. The van der Waals surface area contributed by atoms with Crippen molar-refractivity contribution >= 4 is 31.9 Å². The van der Waals surface area contributed by atoms with Crippen molar-refractivity contribution in [3.63, 3.8) is 0 Å². The number of rotatable bonds is 4. The summed E-state index contributed by atoms with van der Waals surface area (Å²) < 4.78 is 35.2. The molecule has 2 aromatic rings. The molecule has 0 unspecified atom stereocenters. The second kappa shape index (κ2) is 6.22. The lowest BCUT2D eigenvalue weighted by Crippen LogP contribution is -2.05. The fourth-order valence-electron chi connectivity index (χ4n) is 1.76. The molecule has 0 atom stereocenters. The molecule has 0 aliphatic carbocycles. The van der Waals surface area contributed by atoms with E-state index in [0.717, 1.165) is 28.3 Å². The topological polar surface area (TPSA) is 27.1 Å². The Balaban J connectivity index is 2.23. The van der Waals surface area contributed by atoms with E-state index in [4.69, 9.17) is 4.74 Å². The Morgan fingerprint density at radius 2 is 2.00 bits per heavy atom. The normalized spacial score (nSPS) is 10.9. The number of hydrogen-bond acceptors (Lipinski definition) is 2. The summed E-state index contributed by atoms with van der Waals surface area (Å²) in [6.45, 7) is 2.08. The third kappa shape index (κ3) is 3.03. The predicted molar refractivity (Wildman–Crippen MR) is 78.7 cm³/mol. The summed E-state index contributed by atoms with van der Waals surface area (Å²) in [6.07, 6.45) is 0.772. The van der Waals surface area contributed by atoms with Crippen molar-refractivity contribution in [3.05, 3.63) is 44.1 Å². The molecule has 3 nitrogen and oxygen atoms in total. The van der Waals surface area contributed by atoms with Crippen molar-refractivity contribution < 1.29 is 13.5 Å². The minimum atomic E-state index is -0.998. The lowest BCUT2D eigenvalue weighted by molar-refractivity contribution is 0.274. The molecule has 0 radical (unpaired) electrons. The first kappa shape index (κ1) is 15.4. The molecule has 1 aromatic heterocycles. The van der Waals surface area contributed by atoms with Gasteiger partial charge in [0.15, 0.2) is 11.6 Å². The first-order valence-electron chi connectivity index (χ1n) is 5.91. The molecule has 0 N–H and O–H groups in total. The summed E-state index contributed by atoms with van der Waals surface area (Å²) in [6, 6.07) is 2.45. The van der Waals surface area contributed by atoms with E-state index in [1.54, 1.807) is 11.7 Å². The maximum absolute atomic E-state index is 13.6. The van der Waals surface area contributed by atoms with Crippen LogP contribution < -0.4 is 4.74 Å². The lowest BCUT2D eigenvalue weighted by Gasteiger charge is -2.09. The van der Waals surface area contributed by atoms with Crippen LogP contribution >= 0.6 is 31.9 Å². The number of nitrogens with zero attached hydrogens (tertiary/aromatic N) is 2. The fraction of sp³-hybridized carbons (Fsp3) is 0.308. The van der Waals surface area contributed by atoms with E-state index in [9.17, 15) is 8.78 Å². The van der Waals surface area contributed by atoms with Gasteiger partial charge in [0.05, 0.1) is 15.9 Å². The smallest absolute Gasteiger partial charge is 0.200 e. The van der Waals surface area contributed by atoms with Gasteiger partial charge < -0.3 is 4.74 Å². The molecule has 1 aromatic carbocycles. The third-order valence-corrected chi connectivity index (χ3v) is 4.20. The molecule has 0 saturated heterocycles. The molecular weight excluding hydrogens is 398 g/mol. The SMILES string of the molecule is CCc1nn(C)c(COc2cc(Br)cc(F)c2F)c1Br. The fourth-order valence-corrected chi connectivity index (χ4v) is 2.90. The van der Waals surface area contributed by atoms with E-state index < -0.39 is 11.6 Å². The van der Waals surface area contributed by atoms with Gasteiger partial charge in [-0.15, -0.1) is 0 Å². The van der Waals surface area contributed by atoms with Crippen LogP contribution in [-0.2, 0) is 20.1 Å². The molecule has 7 heteroatoms. The number of aryl methyl sites for hydroxylation is 2. The molecule has 0 saturated carbocycles. The van der Waals surface area contributed by atoms with Crippen LogP contribution in [0.15, 0.2) is 21.1 Å². The molecule has 20 heavy (non-hydrogen) atoms. The molecular formula is C13H12Br2F2N2O. The summed E-state index contributed by atoms with van der Waals surface area (Å²) in [5, 5.41) is 4.31. The first-order valence-corrected chi connectivity index (χ1v) is 7.50. The Hall–Kier alpha value is -0.950. The number of aromatic nitrogens is 2. The average molecular weight is 410 g/mol. The highest BCUT2D eigenvalue weighted by molar-refractivity contribution is 9.10. The average Bonchev–Trinajstić information content (AvgIpc) is 2.67. The van der Waals surface area contributed by atoms with Crippen LogP contribution in [-0.4, -0.2) is 9.78 Å². The second-order valence-electron chi connectivity index (χ2n) is 4.17. The van der Waals surface area contributed by atoms with E-state index in [1.165, 1.54) is 6.07 Å². The van der Waals surface area contributed by atoms with E-state index in [0.29, 0.717) is 4.47 Å². The molecule has 0 bridgehead atoms. The van der Waals surface area contributed by atoms with Gasteiger partial charge in [0.2, 0.25) is 5.82 Å². The van der Waals surface area contributed by atoms with E-state index in [2.05, 4.69) is 37.0 Å². The highest BCUT2D eigenvalue weighted by Gasteiger charge is 2.16. The van der Waals surface area contributed by atoms with Gasteiger partial charge in [0, 0.05) is 11.5 Å². The third-order valence-electron chi connectivity index (χ3n) is 2.83. The van der Waals surface area contributed by atoms with Crippen molar-refractivity contribution in [3.8, 4) is 5.75 Å². The summed E-state index contributed by atoms with van der Waals surface area (Å²) in [5.41, 5.74) is 1.66. The zero-order valence-corrected chi connectivity index (χ0v) is 14.1. The zero-order chi connectivity index (χ0) is 14.9. The Kier molecular flexibility index (Phi) is 4.80. The van der Waals surface area contributed by atoms with Crippen LogP contribution in [0.4, 0.5) is 8.78 Å². The summed E-state index contributed by atoms with van der Waals surface area (Å²) in [7, 11) is 1.78. The highest BCUT2D eigenvalue weighted by Crippen LogP contribution is 2.28. The Morgan fingerprint density at radius 1 is 1.30 bits per heavy atom. The van der Waals surface area contributed by atoms with Crippen molar-refractivity contribution in [1.29, 1.82) is 0 Å². The molecule has 0 aliphatic heterocycles. The first-order chi connectivity index (χ1) is 9.43. The van der Waals surface area contributed by atoms with Gasteiger partial charge in [-0.05, 0) is 34.5 Å². The largest absolute Gasteiger partial charge is 0.484 e. The predicted octanol–water partition coefficient (Wildman–Crippen LogP) is 4.36. The lowest BCUT2D eigenvalue weighted by atomic mass is 10.3. The van der Waals surface area contributed by atoms with Gasteiger partial charge in [-0.25, -0.2) is 4.39 Å². The van der Waals surface area contributed by atoms with Crippen molar-refractivity contribution in [1.82, 2.24) is 9.78 Å². The number of hydrogen-bond donors (Lipinski definition) is 0. The van der Waals surface area contributed by atoms with Crippen LogP contribution in [0.25, 0.3) is 0 Å². The van der Waals surface area contributed by atoms with E-state index >= 15 is 0 Å². The molecule has 0 aliphatic rings. The maximum Gasteiger partial charge on any atom is 0.200 e. The van der Waals surface area contributed by atoms with Crippen LogP contribution in [0.1, 0.15) is 18.3 Å². The standard InChI is InChI=1S/C13H12Br2F2N2O/c1-3-9-12(15)10(19(2)18-9)6-20-11-5-7(14)4-8(16)13(11)17/h4-5H,3,6H2,1-2H3. The number of ether oxygens (including phenoxy) is 1. The quantitative estimate of drug-likeness (QED) is 0.701. The van der Waals surface area contributed by atoms with Crippen LogP contribution in [0.5, 0.6) is 5.75 Å². The minimum Gasteiger partial charge on any atom is -0.484 e. The summed E-state index contributed by atoms with van der Waals surface area (Å²) in [5.74, 6) is -2.09. The highest BCUT2D eigenvalue weighted by atomic mass is 79.9. The van der Waals surface area contributed by atoms with Gasteiger partial charge >= 0.3 is 0 Å². The molecule has 108 valence electrons. The Bertz CT molecular complexity index is 644. The van der Waals surface area contributed by atoms with Gasteiger partial charge in [-0.3, -0.25) is 4.68 Å². The maximum atomic E-state index is 13.6. The molecule has 0 spiro atoms. The second-order valence-corrected chi connectivity index (χ2v) is 5.88. The van der Waals surface area contributed by atoms with Crippen molar-refractivity contribution in [2.24, 2.45) is 7.05 Å². The van der Waals surface area contributed by atoms with Gasteiger partial charge in [-0.2, -0.15) is 9.49 Å². The Labute approximate surface area is 132 Å². The molecule has 0 amide bonds. The summed E-state index contributed by atoms with van der Waals surface area (Å²) >= 11 is 6.55. The van der Waals surface area contributed by atoms with Gasteiger partial charge in [0.1, 0.15) is 6.61 Å². The zero-order valence-electron chi connectivity index (χ0n) is 10.9.